The Kier molecular flexibility index (Phi) is 9.74. The number of nitrogens with two attached hydrogens (primary N) is 1. The van der Waals surface area contributed by atoms with Gasteiger partial charge >= 0.3 is 0 Å². The van der Waals surface area contributed by atoms with Gasteiger partial charge in [0.1, 0.15) is 24.0 Å². The molecule has 6 heteroatoms. The molecule has 9 rings (SSSR count). The molecule has 0 saturated carbocycles. The summed E-state index contributed by atoms with van der Waals surface area (Å²) < 4.78 is 2.34. The summed E-state index contributed by atoms with van der Waals surface area (Å²) in [6.07, 6.45) is 13.6. The highest BCUT2D eigenvalue weighted by molar-refractivity contribution is 8.34. The summed E-state index contributed by atoms with van der Waals surface area (Å²) >= 11 is 0. The van der Waals surface area contributed by atoms with Crippen LogP contribution in [0.4, 0.5) is 5.82 Å². The highest BCUT2D eigenvalue weighted by Crippen LogP contribution is 2.73. The Morgan fingerprint density at radius 1 is 0.679 bits per heavy atom. The predicted molar refractivity (Wildman–Crippen MR) is 234 cm³/mol. The first kappa shape index (κ1) is 35.4. The predicted octanol–water partition coefficient (Wildman–Crippen LogP) is 12.0. The van der Waals surface area contributed by atoms with Crippen LogP contribution in [-0.4, -0.2) is 10.4 Å². The fourth-order valence-electron chi connectivity index (χ4n) is 8.20. The quantitative estimate of drug-likeness (QED) is 0.138. The Morgan fingerprint density at radius 3 is 1.88 bits per heavy atom. The van der Waals surface area contributed by atoms with Crippen molar-refractivity contribution in [3.05, 3.63) is 216 Å². The molecule has 4 N–H and O–H groups in total. The molecule has 0 saturated heterocycles. The van der Waals surface area contributed by atoms with Gasteiger partial charge in [0, 0.05) is 36.1 Å². The maximum absolute atomic E-state index is 7.05. The van der Waals surface area contributed by atoms with Gasteiger partial charge in [-0.05, 0) is 73.0 Å². The van der Waals surface area contributed by atoms with Crippen molar-refractivity contribution in [1.82, 2.24) is 15.2 Å². The molecule has 0 radical (unpaired) electrons. The largest absolute Gasteiger partial charge is 0.385 e. The van der Waals surface area contributed by atoms with Crippen LogP contribution in [0.1, 0.15) is 54.0 Å². The third-order valence-electron chi connectivity index (χ3n) is 10.8. The van der Waals surface area contributed by atoms with Gasteiger partial charge in [0.25, 0.3) is 0 Å². The van der Waals surface area contributed by atoms with Gasteiger partial charge in [0.05, 0.1) is 11.6 Å². The summed E-state index contributed by atoms with van der Waals surface area (Å²) in [5.74, 6) is 1.65. The highest BCUT2D eigenvalue weighted by atomic mass is 32.3. The Morgan fingerprint density at radius 2 is 1.27 bits per heavy atom. The fraction of sp³-hybridized carbons (Fsp3) is 0.100. The van der Waals surface area contributed by atoms with E-state index in [2.05, 4.69) is 216 Å². The minimum absolute atomic E-state index is 0.107. The van der Waals surface area contributed by atoms with E-state index in [1.165, 1.54) is 19.6 Å². The second kappa shape index (κ2) is 15.4. The fourth-order valence-corrected chi connectivity index (χ4v) is 12.1. The van der Waals surface area contributed by atoms with Gasteiger partial charge in [-0.3, -0.25) is 5.32 Å². The van der Waals surface area contributed by atoms with Gasteiger partial charge in [0.2, 0.25) is 0 Å². The highest BCUT2D eigenvalue weighted by Gasteiger charge is 2.35. The van der Waals surface area contributed by atoms with E-state index in [1.807, 2.05) is 6.07 Å². The van der Waals surface area contributed by atoms with E-state index in [4.69, 9.17) is 10.7 Å². The van der Waals surface area contributed by atoms with Gasteiger partial charge in [0.15, 0.2) is 0 Å². The van der Waals surface area contributed by atoms with Crippen LogP contribution in [0.5, 0.6) is 0 Å². The molecule has 1 aliphatic heterocycles. The molecule has 0 amide bonds. The molecule has 1 aliphatic carbocycles. The first-order chi connectivity index (χ1) is 27.6. The Hall–Kier alpha value is -6.34. The molecule has 3 atom stereocenters. The maximum atomic E-state index is 7.05. The number of allylic oxidation sites excluding steroid dienone is 5. The Balaban J connectivity index is 1.23. The van der Waals surface area contributed by atoms with Crippen molar-refractivity contribution in [3.8, 4) is 0 Å². The van der Waals surface area contributed by atoms with Crippen LogP contribution in [0.25, 0.3) is 17.0 Å². The van der Waals surface area contributed by atoms with Gasteiger partial charge in [-0.2, -0.15) is 0 Å². The van der Waals surface area contributed by atoms with Crippen molar-refractivity contribution >= 4 is 38.7 Å². The summed E-state index contributed by atoms with van der Waals surface area (Å²) in [5, 5.41) is 8.61. The molecule has 56 heavy (non-hydrogen) atoms. The molecule has 7 aromatic rings. The minimum Gasteiger partial charge on any atom is -0.385 e. The van der Waals surface area contributed by atoms with Gasteiger partial charge in [-0.25, -0.2) is 4.99 Å². The lowest BCUT2D eigenvalue weighted by Crippen LogP contribution is -2.44. The lowest BCUT2D eigenvalue weighted by molar-refractivity contribution is 0.409. The monoisotopic (exact) mass is 747 g/mol. The first-order valence-corrected chi connectivity index (χ1v) is 20.9. The summed E-state index contributed by atoms with van der Waals surface area (Å²) in [6.45, 7) is 2.05. The number of aliphatic imine (C=N–C) groups is 1. The van der Waals surface area contributed by atoms with Crippen LogP contribution in [0.15, 0.2) is 219 Å². The van der Waals surface area contributed by atoms with E-state index < -0.39 is 10.0 Å². The molecule has 5 nitrogen and oxygen atoms in total. The summed E-state index contributed by atoms with van der Waals surface area (Å²) in [5.41, 5.74) is 12.6. The number of nitrogens with zero attached hydrogens (tertiary/aromatic N) is 2. The second-order valence-corrected chi connectivity index (χ2v) is 17.3. The van der Waals surface area contributed by atoms with Crippen molar-refractivity contribution in [3.63, 3.8) is 0 Å². The lowest BCUT2D eigenvalue weighted by atomic mass is 10.1. The van der Waals surface area contributed by atoms with E-state index in [0.717, 1.165) is 51.2 Å². The maximum Gasteiger partial charge on any atom is 0.131 e. The van der Waals surface area contributed by atoms with Crippen LogP contribution in [0.3, 0.4) is 0 Å². The van der Waals surface area contributed by atoms with Gasteiger partial charge in [-0.1, -0.05) is 152 Å². The molecule has 0 spiro atoms. The summed E-state index contributed by atoms with van der Waals surface area (Å²) in [6, 6.07) is 59.3. The average molecular weight is 748 g/mol. The molecular formula is C50H45N5S. The number of nitrogen functional groups attached to an aromatic ring is 1. The van der Waals surface area contributed by atoms with E-state index in [9.17, 15) is 0 Å². The number of fused-ring (bicyclic) bond motifs is 1. The number of amidine groups is 1. The summed E-state index contributed by atoms with van der Waals surface area (Å²) in [7, 11) is -2.00. The van der Waals surface area contributed by atoms with E-state index in [0.29, 0.717) is 0 Å². The molecule has 2 heterocycles. The molecule has 0 fully saturated rings. The van der Waals surface area contributed by atoms with E-state index in [-0.39, 0.29) is 18.4 Å². The Bertz CT molecular complexity index is 2530. The third-order valence-corrected chi connectivity index (χ3v) is 14.7. The number of rotatable bonds is 9. The van der Waals surface area contributed by atoms with Crippen molar-refractivity contribution in [2.75, 3.05) is 5.73 Å². The molecule has 6 aromatic carbocycles. The molecule has 0 bridgehead atoms. The number of anilines is 1. The van der Waals surface area contributed by atoms with E-state index >= 15 is 0 Å². The molecule has 3 unspecified atom stereocenters. The smallest absolute Gasteiger partial charge is 0.131 e. The van der Waals surface area contributed by atoms with Gasteiger partial charge < -0.3 is 15.6 Å². The topological polar surface area (TPSA) is 67.4 Å². The van der Waals surface area contributed by atoms with Crippen LogP contribution in [0.2, 0.25) is 0 Å². The summed E-state index contributed by atoms with van der Waals surface area (Å²) in [4.78, 5) is 10.3. The first-order valence-electron chi connectivity index (χ1n) is 19.3. The number of aromatic nitrogens is 1. The normalized spacial score (nSPS) is 18.5. The SMILES string of the molecule is C/C=C\c1c(N)n(C2C=CC=CC2)c2cc(S(c3ccccc3)(c3ccccc3)c3ccc(C4=NC(c5ccccc5)NC(c5ccccc5)N4)cc3)ccc12. The second-order valence-electron chi connectivity index (χ2n) is 14.2. The van der Waals surface area contributed by atoms with Crippen LogP contribution in [-0.2, 0) is 0 Å². The van der Waals surface area contributed by atoms with Crippen LogP contribution >= 0.6 is 10.0 Å². The molecule has 2 aliphatic rings. The minimum atomic E-state index is -2.00. The number of hydrogen-bond acceptors (Lipinski definition) is 4. The van der Waals surface area contributed by atoms with Crippen LogP contribution < -0.4 is 16.4 Å². The zero-order valence-electron chi connectivity index (χ0n) is 31.4. The van der Waals surface area contributed by atoms with Crippen molar-refractivity contribution < 1.29 is 0 Å². The zero-order valence-corrected chi connectivity index (χ0v) is 32.2. The van der Waals surface area contributed by atoms with Gasteiger partial charge in [-0.15, -0.1) is 10.0 Å². The molecular weight excluding hydrogens is 703 g/mol. The standard InChI is InChI=1S/C50H45N5S/c1-2-18-45-44-34-33-43(35-46(44)55(47(45)51)39-23-12-5-13-24-39)56(40-25-14-6-15-26-40,41-27-16-7-17-28-41)42-31-29-38(30-32-42)50-53-48(36-19-8-3-9-20-36)52-49(54-50)37-21-10-4-11-22-37/h2-23,25-35,39,48-49,52H,24,51H2,1H3,(H,53,54)/b18-2-. The number of nitrogens with one attached hydrogen (secondary N) is 2. The molecule has 1 aromatic heterocycles. The average Bonchev–Trinajstić information content (AvgIpc) is 3.55. The van der Waals surface area contributed by atoms with Crippen molar-refractivity contribution in [2.45, 2.75) is 51.3 Å². The number of benzene rings is 6. The van der Waals surface area contributed by atoms with Crippen molar-refractivity contribution in [2.24, 2.45) is 4.99 Å². The number of hydrogen-bond donors (Lipinski definition) is 3. The molecule has 276 valence electrons. The van der Waals surface area contributed by atoms with Crippen molar-refractivity contribution in [1.29, 1.82) is 0 Å². The third kappa shape index (κ3) is 6.37. The van der Waals surface area contributed by atoms with E-state index in [1.54, 1.807) is 0 Å². The Labute approximate surface area is 331 Å². The van der Waals surface area contributed by atoms with Crippen LogP contribution in [0, 0.1) is 0 Å². The lowest BCUT2D eigenvalue weighted by Gasteiger charge is -2.42. The zero-order chi connectivity index (χ0) is 37.9.